The molecule has 16 heavy (non-hydrogen) atoms. The summed E-state index contributed by atoms with van der Waals surface area (Å²) in [5, 5.41) is 5.28. The van der Waals surface area contributed by atoms with Crippen LogP contribution in [-0.2, 0) is 0 Å². The lowest BCUT2D eigenvalue weighted by Crippen LogP contribution is -2.29. The van der Waals surface area contributed by atoms with E-state index < -0.39 is 0 Å². The van der Waals surface area contributed by atoms with Crippen LogP contribution in [0.5, 0.6) is 0 Å². The Kier molecular flexibility index (Phi) is 5.32. The monoisotopic (exact) mass is 224 g/mol. The summed E-state index contributed by atoms with van der Waals surface area (Å²) >= 11 is 0. The van der Waals surface area contributed by atoms with E-state index in [0.29, 0.717) is 12.2 Å². The fourth-order valence-electron chi connectivity index (χ4n) is 1.32. The van der Waals surface area contributed by atoms with Gasteiger partial charge in [0.1, 0.15) is 5.82 Å². The molecular weight excluding hydrogens is 207 g/mol. The SMILES string of the molecule is CCCCCNC(=O)Nc1cccc(F)c1. The Morgan fingerprint density at radius 3 is 2.88 bits per heavy atom. The maximum absolute atomic E-state index is 12.8. The van der Waals surface area contributed by atoms with Gasteiger partial charge in [-0.15, -0.1) is 0 Å². The van der Waals surface area contributed by atoms with Crippen molar-refractivity contribution in [3.8, 4) is 0 Å². The Hall–Kier alpha value is -1.58. The number of anilines is 1. The summed E-state index contributed by atoms with van der Waals surface area (Å²) in [6.07, 6.45) is 3.18. The number of nitrogens with one attached hydrogen (secondary N) is 2. The zero-order valence-electron chi connectivity index (χ0n) is 9.42. The second-order valence-corrected chi connectivity index (χ2v) is 3.60. The maximum Gasteiger partial charge on any atom is 0.319 e. The van der Waals surface area contributed by atoms with E-state index >= 15 is 0 Å². The van der Waals surface area contributed by atoms with Crippen LogP contribution in [0, 0.1) is 5.82 Å². The van der Waals surface area contributed by atoms with Gasteiger partial charge in [-0.05, 0) is 24.6 Å². The Labute approximate surface area is 95.0 Å². The highest BCUT2D eigenvalue weighted by Crippen LogP contribution is 2.08. The molecule has 2 N–H and O–H groups in total. The van der Waals surface area contributed by atoms with E-state index in [-0.39, 0.29) is 11.8 Å². The summed E-state index contributed by atoms with van der Waals surface area (Å²) < 4.78 is 12.8. The summed E-state index contributed by atoms with van der Waals surface area (Å²) in [5.74, 6) is -0.358. The van der Waals surface area contributed by atoms with E-state index in [1.54, 1.807) is 12.1 Å². The highest BCUT2D eigenvalue weighted by Gasteiger charge is 2.00. The van der Waals surface area contributed by atoms with Crippen LogP contribution in [0.3, 0.4) is 0 Å². The number of unbranched alkanes of at least 4 members (excludes halogenated alkanes) is 2. The number of carbonyl (C=O) groups excluding carboxylic acids is 1. The molecule has 0 atom stereocenters. The third-order valence-corrected chi connectivity index (χ3v) is 2.15. The van der Waals surface area contributed by atoms with Gasteiger partial charge in [0.15, 0.2) is 0 Å². The quantitative estimate of drug-likeness (QED) is 0.741. The second-order valence-electron chi connectivity index (χ2n) is 3.60. The molecule has 3 nitrogen and oxygen atoms in total. The van der Waals surface area contributed by atoms with Crippen molar-refractivity contribution in [2.24, 2.45) is 0 Å². The van der Waals surface area contributed by atoms with Crippen LogP contribution in [0.15, 0.2) is 24.3 Å². The van der Waals surface area contributed by atoms with Crippen molar-refractivity contribution < 1.29 is 9.18 Å². The molecule has 4 heteroatoms. The van der Waals surface area contributed by atoms with Gasteiger partial charge >= 0.3 is 6.03 Å². The molecule has 1 aromatic rings. The van der Waals surface area contributed by atoms with E-state index in [1.165, 1.54) is 12.1 Å². The van der Waals surface area contributed by atoms with Gasteiger partial charge in [0, 0.05) is 12.2 Å². The van der Waals surface area contributed by atoms with Gasteiger partial charge in [0.05, 0.1) is 0 Å². The first-order valence-corrected chi connectivity index (χ1v) is 5.53. The van der Waals surface area contributed by atoms with Crippen LogP contribution < -0.4 is 10.6 Å². The fourth-order valence-corrected chi connectivity index (χ4v) is 1.32. The number of hydrogen-bond donors (Lipinski definition) is 2. The van der Waals surface area contributed by atoms with Gasteiger partial charge in [-0.3, -0.25) is 0 Å². The number of hydrogen-bond acceptors (Lipinski definition) is 1. The van der Waals surface area contributed by atoms with Gasteiger partial charge in [-0.2, -0.15) is 0 Å². The van der Waals surface area contributed by atoms with Gasteiger partial charge in [0.25, 0.3) is 0 Å². The van der Waals surface area contributed by atoms with Crippen molar-refractivity contribution in [1.29, 1.82) is 0 Å². The lowest BCUT2D eigenvalue weighted by molar-refractivity contribution is 0.252. The third-order valence-electron chi connectivity index (χ3n) is 2.15. The van der Waals surface area contributed by atoms with Crippen molar-refractivity contribution in [2.45, 2.75) is 26.2 Å². The Morgan fingerprint density at radius 2 is 2.19 bits per heavy atom. The molecule has 0 saturated carbocycles. The van der Waals surface area contributed by atoms with Gasteiger partial charge in [-0.1, -0.05) is 25.8 Å². The van der Waals surface area contributed by atoms with Crippen LogP contribution in [0.2, 0.25) is 0 Å². The minimum absolute atomic E-state index is 0.290. The predicted molar refractivity (Wildman–Crippen MR) is 62.9 cm³/mol. The lowest BCUT2D eigenvalue weighted by atomic mass is 10.2. The molecule has 0 aliphatic carbocycles. The Bertz CT molecular complexity index is 342. The number of urea groups is 1. The fraction of sp³-hybridized carbons (Fsp3) is 0.417. The van der Waals surface area contributed by atoms with Crippen molar-refractivity contribution in [3.05, 3.63) is 30.1 Å². The highest BCUT2D eigenvalue weighted by atomic mass is 19.1. The van der Waals surface area contributed by atoms with E-state index in [9.17, 15) is 9.18 Å². The third kappa shape index (κ3) is 4.77. The molecule has 1 rings (SSSR count). The average Bonchev–Trinajstić information content (AvgIpc) is 2.24. The summed E-state index contributed by atoms with van der Waals surface area (Å²) in [4.78, 5) is 11.3. The van der Waals surface area contributed by atoms with E-state index in [4.69, 9.17) is 0 Å². The van der Waals surface area contributed by atoms with Crippen molar-refractivity contribution in [1.82, 2.24) is 5.32 Å². The molecule has 0 bridgehead atoms. The van der Waals surface area contributed by atoms with Crippen LogP contribution in [0.1, 0.15) is 26.2 Å². The van der Waals surface area contributed by atoms with E-state index in [1.807, 2.05) is 0 Å². The van der Waals surface area contributed by atoms with Crippen LogP contribution in [-0.4, -0.2) is 12.6 Å². The van der Waals surface area contributed by atoms with E-state index in [2.05, 4.69) is 17.6 Å². The first-order valence-electron chi connectivity index (χ1n) is 5.53. The number of halogens is 1. The highest BCUT2D eigenvalue weighted by molar-refractivity contribution is 5.89. The van der Waals surface area contributed by atoms with E-state index in [0.717, 1.165) is 19.3 Å². The minimum Gasteiger partial charge on any atom is -0.338 e. The Morgan fingerprint density at radius 1 is 1.38 bits per heavy atom. The number of rotatable bonds is 5. The molecule has 0 aliphatic rings. The first kappa shape index (κ1) is 12.5. The standard InChI is InChI=1S/C12H17FN2O/c1-2-3-4-8-14-12(16)15-11-7-5-6-10(13)9-11/h5-7,9H,2-4,8H2,1H3,(H2,14,15,16). The molecule has 0 spiro atoms. The maximum atomic E-state index is 12.8. The number of carbonyl (C=O) groups is 1. The van der Waals surface area contributed by atoms with Crippen molar-refractivity contribution >= 4 is 11.7 Å². The molecule has 88 valence electrons. The second kappa shape index (κ2) is 6.82. The average molecular weight is 224 g/mol. The summed E-state index contributed by atoms with van der Waals surface area (Å²) in [7, 11) is 0. The molecule has 0 heterocycles. The molecule has 1 aromatic carbocycles. The van der Waals surface area contributed by atoms with Gasteiger partial charge < -0.3 is 10.6 Å². The Balaban J connectivity index is 2.29. The predicted octanol–water partition coefficient (Wildman–Crippen LogP) is 3.14. The molecular formula is C12H17FN2O. The normalized spacial score (nSPS) is 9.88. The molecule has 2 amide bonds. The summed E-state index contributed by atoms with van der Waals surface area (Å²) in [6, 6.07) is 5.54. The lowest BCUT2D eigenvalue weighted by Gasteiger charge is -2.07. The first-order chi connectivity index (χ1) is 7.72. The van der Waals surface area contributed by atoms with Gasteiger partial charge in [0.2, 0.25) is 0 Å². The van der Waals surface area contributed by atoms with Crippen LogP contribution >= 0.6 is 0 Å². The van der Waals surface area contributed by atoms with Crippen molar-refractivity contribution in [2.75, 3.05) is 11.9 Å². The topological polar surface area (TPSA) is 41.1 Å². The number of amides is 2. The molecule has 0 radical (unpaired) electrons. The zero-order valence-corrected chi connectivity index (χ0v) is 9.42. The summed E-state index contributed by atoms with van der Waals surface area (Å²) in [5.41, 5.74) is 0.466. The molecule has 0 fully saturated rings. The van der Waals surface area contributed by atoms with Gasteiger partial charge in [-0.25, -0.2) is 9.18 Å². The largest absolute Gasteiger partial charge is 0.338 e. The van der Waals surface area contributed by atoms with Crippen molar-refractivity contribution in [3.63, 3.8) is 0 Å². The van der Waals surface area contributed by atoms with Crippen LogP contribution in [0.25, 0.3) is 0 Å². The molecule has 0 aromatic heterocycles. The minimum atomic E-state index is -0.358. The number of benzene rings is 1. The molecule has 0 saturated heterocycles. The summed E-state index contributed by atoms with van der Waals surface area (Å²) in [6.45, 7) is 2.75. The zero-order chi connectivity index (χ0) is 11.8. The molecule has 0 unspecified atom stereocenters. The smallest absolute Gasteiger partial charge is 0.319 e. The van der Waals surface area contributed by atoms with Crippen LogP contribution in [0.4, 0.5) is 14.9 Å². The molecule has 0 aliphatic heterocycles.